The van der Waals surface area contributed by atoms with Crippen molar-refractivity contribution >= 4 is 5.69 Å². The maximum atomic E-state index is 13.1. The van der Waals surface area contributed by atoms with E-state index in [2.05, 4.69) is 5.32 Å². The van der Waals surface area contributed by atoms with E-state index in [1.54, 1.807) is 12.1 Å². The summed E-state index contributed by atoms with van der Waals surface area (Å²) in [5.41, 5.74) is 0.736. The lowest BCUT2D eigenvalue weighted by molar-refractivity contribution is 0.624. The molecule has 0 heterocycles. The third kappa shape index (κ3) is 1.62. The van der Waals surface area contributed by atoms with Crippen molar-refractivity contribution in [3.63, 3.8) is 0 Å². The van der Waals surface area contributed by atoms with Crippen LogP contribution in [0, 0.1) is 17.1 Å². The van der Waals surface area contributed by atoms with Crippen molar-refractivity contribution in [1.29, 1.82) is 5.26 Å². The summed E-state index contributed by atoms with van der Waals surface area (Å²) in [7, 11) is 0. The van der Waals surface area contributed by atoms with Crippen molar-refractivity contribution in [1.82, 2.24) is 0 Å². The molecule has 0 atom stereocenters. The van der Waals surface area contributed by atoms with Gasteiger partial charge in [-0.15, -0.1) is 0 Å². The molecule has 0 aromatic heterocycles. The molecule has 13 heavy (non-hydrogen) atoms. The number of nitrogens with zero attached hydrogens (tertiary/aromatic N) is 1. The predicted octanol–water partition coefficient (Wildman–Crippen LogP) is 2.27. The van der Waals surface area contributed by atoms with Gasteiger partial charge in [-0.2, -0.15) is 5.26 Å². The standard InChI is InChI=1S/C10H9FN2/c11-9-2-1-3-10(8(9)6-12)13-7-4-5-7/h1-3,7,13H,4-5H2. The topological polar surface area (TPSA) is 35.8 Å². The highest BCUT2D eigenvalue weighted by Crippen LogP contribution is 2.27. The summed E-state index contributed by atoms with van der Waals surface area (Å²) in [5.74, 6) is -0.451. The molecule has 1 fully saturated rings. The molecule has 0 bridgehead atoms. The zero-order valence-corrected chi connectivity index (χ0v) is 7.05. The van der Waals surface area contributed by atoms with Crippen molar-refractivity contribution in [3.05, 3.63) is 29.6 Å². The summed E-state index contributed by atoms with van der Waals surface area (Å²) in [4.78, 5) is 0. The Balaban J connectivity index is 2.32. The predicted molar refractivity (Wildman–Crippen MR) is 47.8 cm³/mol. The summed E-state index contributed by atoms with van der Waals surface area (Å²) < 4.78 is 13.1. The first-order valence-electron chi connectivity index (χ1n) is 4.26. The number of benzene rings is 1. The summed E-state index contributed by atoms with van der Waals surface area (Å²) in [6.45, 7) is 0. The molecule has 0 amide bonds. The van der Waals surface area contributed by atoms with Gasteiger partial charge >= 0.3 is 0 Å². The Morgan fingerprint density at radius 3 is 2.85 bits per heavy atom. The summed E-state index contributed by atoms with van der Waals surface area (Å²) in [6.07, 6.45) is 2.22. The Hall–Kier alpha value is -1.56. The molecule has 1 aromatic rings. The van der Waals surface area contributed by atoms with Gasteiger partial charge in [-0.3, -0.25) is 0 Å². The molecule has 1 aliphatic rings. The number of halogens is 1. The molecule has 1 N–H and O–H groups in total. The molecule has 0 spiro atoms. The molecule has 0 radical (unpaired) electrons. The molecule has 0 unspecified atom stereocenters. The van der Waals surface area contributed by atoms with Gasteiger partial charge < -0.3 is 5.32 Å². The van der Waals surface area contributed by atoms with Gasteiger partial charge in [0.2, 0.25) is 0 Å². The molecular formula is C10H9FN2. The smallest absolute Gasteiger partial charge is 0.143 e. The number of anilines is 1. The Kier molecular flexibility index (Phi) is 1.90. The van der Waals surface area contributed by atoms with Crippen LogP contribution in [0.4, 0.5) is 10.1 Å². The first-order valence-corrected chi connectivity index (χ1v) is 4.26. The van der Waals surface area contributed by atoms with Crippen molar-refractivity contribution in [3.8, 4) is 6.07 Å². The monoisotopic (exact) mass is 176 g/mol. The van der Waals surface area contributed by atoms with E-state index in [-0.39, 0.29) is 5.56 Å². The molecular weight excluding hydrogens is 167 g/mol. The van der Waals surface area contributed by atoms with E-state index in [1.165, 1.54) is 6.07 Å². The van der Waals surface area contributed by atoms with Crippen LogP contribution in [0.15, 0.2) is 18.2 Å². The van der Waals surface area contributed by atoms with E-state index in [4.69, 9.17) is 5.26 Å². The summed E-state index contributed by atoms with van der Waals surface area (Å²) in [5, 5.41) is 11.8. The molecule has 2 rings (SSSR count). The largest absolute Gasteiger partial charge is 0.381 e. The molecule has 0 saturated heterocycles. The van der Waals surface area contributed by atoms with E-state index in [0.29, 0.717) is 11.7 Å². The number of hydrogen-bond acceptors (Lipinski definition) is 2. The van der Waals surface area contributed by atoms with Gasteiger partial charge in [0.25, 0.3) is 0 Å². The minimum atomic E-state index is -0.451. The highest BCUT2D eigenvalue weighted by molar-refractivity contribution is 5.58. The Morgan fingerprint density at radius 2 is 2.23 bits per heavy atom. The number of rotatable bonds is 2. The Morgan fingerprint density at radius 1 is 1.46 bits per heavy atom. The molecule has 66 valence electrons. The van der Waals surface area contributed by atoms with Gasteiger partial charge in [0, 0.05) is 6.04 Å². The first kappa shape index (κ1) is 8.06. The van der Waals surface area contributed by atoms with Crippen LogP contribution in [-0.4, -0.2) is 6.04 Å². The maximum Gasteiger partial charge on any atom is 0.143 e. The van der Waals surface area contributed by atoms with Crippen LogP contribution in [0.1, 0.15) is 18.4 Å². The van der Waals surface area contributed by atoms with Crippen LogP contribution in [0.2, 0.25) is 0 Å². The van der Waals surface area contributed by atoms with Gasteiger partial charge in [-0.25, -0.2) is 4.39 Å². The van der Waals surface area contributed by atoms with Crippen LogP contribution < -0.4 is 5.32 Å². The van der Waals surface area contributed by atoms with Crippen molar-refractivity contribution in [2.45, 2.75) is 18.9 Å². The second-order valence-corrected chi connectivity index (χ2v) is 3.19. The molecule has 3 heteroatoms. The van der Waals surface area contributed by atoms with Crippen LogP contribution in [0.5, 0.6) is 0 Å². The fourth-order valence-electron chi connectivity index (χ4n) is 1.21. The third-order valence-electron chi connectivity index (χ3n) is 2.06. The zero-order chi connectivity index (χ0) is 9.26. The minimum absolute atomic E-state index is 0.120. The lowest BCUT2D eigenvalue weighted by atomic mass is 10.2. The van der Waals surface area contributed by atoms with Crippen molar-refractivity contribution in [2.75, 3.05) is 5.32 Å². The minimum Gasteiger partial charge on any atom is -0.381 e. The molecule has 0 aliphatic heterocycles. The van der Waals surface area contributed by atoms with Gasteiger partial charge in [0.15, 0.2) is 0 Å². The molecule has 2 nitrogen and oxygen atoms in total. The fraction of sp³-hybridized carbons (Fsp3) is 0.300. The Labute approximate surface area is 76.0 Å². The van der Waals surface area contributed by atoms with E-state index < -0.39 is 5.82 Å². The zero-order valence-electron chi connectivity index (χ0n) is 7.05. The van der Waals surface area contributed by atoms with Crippen molar-refractivity contribution < 1.29 is 4.39 Å². The van der Waals surface area contributed by atoms with Gasteiger partial charge in [0.1, 0.15) is 17.4 Å². The lowest BCUT2D eigenvalue weighted by Crippen LogP contribution is -2.03. The summed E-state index contributed by atoms with van der Waals surface area (Å²) >= 11 is 0. The van der Waals surface area contributed by atoms with E-state index in [9.17, 15) is 4.39 Å². The average molecular weight is 176 g/mol. The van der Waals surface area contributed by atoms with Gasteiger partial charge in [-0.1, -0.05) is 6.07 Å². The van der Waals surface area contributed by atoms with Crippen LogP contribution in [0.3, 0.4) is 0 Å². The van der Waals surface area contributed by atoms with Gasteiger partial charge in [-0.05, 0) is 25.0 Å². The molecule has 1 saturated carbocycles. The second kappa shape index (κ2) is 3.06. The maximum absolute atomic E-state index is 13.1. The number of nitrogens with one attached hydrogen (secondary N) is 1. The Bertz CT molecular complexity index is 364. The highest BCUT2D eigenvalue weighted by Gasteiger charge is 2.22. The number of hydrogen-bond donors (Lipinski definition) is 1. The quantitative estimate of drug-likeness (QED) is 0.750. The van der Waals surface area contributed by atoms with Crippen LogP contribution >= 0.6 is 0 Å². The van der Waals surface area contributed by atoms with E-state index in [1.807, 2.05) is 6.07 Å². The fourth-order valence-corrected chi connectivity index (χ4v) is 1.21. The number of nitriles is 1. The van der Waals surface area contributed by atoms with E-state index in [0.717, 1.165) is 12.8 Å². The van der Waals surface area contributed by atoms with Crippen LogP contribution in [0.25, 0.3) is 0 Å². The lowest BCUT2D eigenvalue weighted by Gasteiger charge is -2.06. The summed E-state index contributed by atoms with van der Waals surface area (Å²) in [6, 6.07) is 6.95. The molecule has 1 aromatic carbocycles. The second-order valence-electron chi connectivity index (χ2n) is 3.19. The first-order chi connectivity index (χ1) is 6.31. The van der Waals surface area contributed by atoms with Crippen molar-refractivity contribution in [2.24, 2.45) is 0 Å². The van der Waals surface area contributed by atoms with E-state index >= 15 is 0 Å². The third-order valence-corrected chi connectivity index (χ3v) is 2.06. The van der Waals surface area contributed by atoms with Crippen LogP contribution in [-0.2, 0) is 0 Å². The van der Waals surface area contributed by atoms with Gasteiger partial charge in [0.05, 0.1) is 5.69 Å². The normalized spacial score (nSPS) is 15.1. The molecule has 1 aliphatic carbocycles. The highest BCUT2D eigenvalue weighted by atomic mass is 19.1. The SMILES string of the molecule is N#Cc1c(F)cccc1NC1CC1. The average Bonchev–Trinajstić information content (AvgIpc) is 2.89.